The largest absolute Gasteiger partial charge is 0.380 e. The highest BCUT2D eigenvalue weighted by molar-refractivity contribution is 14.1. The fourth-order valence-electron chi connectivity index (χ4n) is 4.53. The molecule has 2 saturated heterocycles. The molecule has 2 atom stereocenters. The van der Waals surface area contributed by atoms with Crippen LogP contribution in [0.15, 0.2) is 0 Å². The second-order valence-corrected chi connectivity index (χ2v) is 11.4. The second kappa shape index (κ2) is 10.3. The Morgan fingerprint density at radius 3 is 1.58 bits per heavy atom. The number of fused-ring (bicyclic) bond motifs is 2. The van der Waals surface area contributed by atoms with E-state index in [-0.39, 0.29) is 34.1 Å². The van der Waals surface area contributed by atoms with E-state index in [0.717, 1.165) is 38.5 Å². The van der Waals surface area contributed by atoms with Crippen molar-refractivity contribution in [2.45, 2.75) is 57.1 Å². The van der Waals surface area contributed by atoms with E-state index in [1.807, 2.05) is 0 Å². The number of aromatic nitrogens is 8. The first-order chi connectivity index (χ1) is 17.4. The number of nitrogens with zero attached hydrogens (tertiary/aromatic N) is 8. The molecule has 6 rings (SSSR count). The minimum absolute atomic E-state index is 0.0299. The Bertz CT molecular complexity index is 1340. The Balaban J connectivity index is 1.40. The smallest absolute Gasteiger partial charge is 0.181 e. The van der Waals surface area contributed by atoms with Gasteiger partial charge in [0.05, 0.1) is 0 Å². The number of aliphatic hydroxyl groups excluding tert-OH is 1. The van der Waals surface area contributed by atoms with Gasteiger partial charge in [-0.25, -0.2) is 29.3 Å². The third-order valence-electron chi connectivity index (χ3n) is 6.31. The van der Waals surface area contributed by atoms with E-state index in [1.165, 1.54) is 0 Å². The molecule has 0 bridgehead atoms. The van der Waals surface area contributed by atoms with Crippen molar-refractivity contribution in [2.24, 2.45) is 0 Å². The molecule has 2 aliphatic rings. The summed E-state index contributed by atoms with van der Waals surface area (Å²) in [5.74, 6) is 0. The molecular formula is C21H20Cl2I2N8O3. The van der Waals surface area contributed by atoms with Crippen molar-refractivity contribution in [3.8, 4) is 0 Å². The lowest BCUT2D eigenvalue weighted by atomic mass is 10.2. The van der Waals surface area contributed by atoms with Crippen molar-refractivity contribution in [3.63, 3.8) is 0 Å². The minimum Gasteiger partial charge on any atom is -0.380 e. The lowest BCUT2D eigenvalue weighted by Crippen LogP contribution is -2.20. The molecule has 0 spiro atoms. The summed E-state index contributed by atoms with van der Waals surface area (Å²) < 4.78 is 16.4. The number of ether oxygens (including phenoxy) is 2. The molecule has 1 N–H and O–H groups in total. The van der Waals surface area contributed by atoms with Gasteiger partial charge in [-0.2, -0.15) is 10.2 Å². The van der Waals surface area contributed by atoms with E-state index in [2.05, 4.69) is 75.3 Å². The lowest BCUT2D eigenvalue weighted by Gasteiger charge is -2.23. The number of hydrogen-bond acceptors (Lipinski definition) is 9. The van der Waals surface area contributed by atoms with Gasteiger partial charge in [0, 0.05) is 13.2 Å². The van der Waals surface area contributed by atoms with Gasteiger partial charge in [-0.05, 0) is 83.7 Å². The van der Waals surface area contributed by atoms with Gasteiger partial charge in [-0.15, -0.1) is 0 Å². The predicted octanol–water partition coefficient (Wildman–Crippen LogP) is 4.96. The van der Waals surface area contributed by atoms with E-state index >= 15 is 0 Å². The summed E-state index contributed by atoms with van der Waals surface area (Å²) in [4.78, 5) is 18.3. The topological polar surface area (TPSA) is 126 Å². The number of rotatable bonds is 4. The first kappa shape index (κ1) is 25.3. The zero-order chi connectivity index (χ0) is 25.0. The Morgan fingerprint density at radius 1 is 0.750 bits per heavy atom. The Hall–Kier alpha value is -0.980. The molecule has 2 aliphatic heterocycles. The summed E-state index contributed by atoms with van der Waals surface area (Å²) in [5, 5.41) is 20.5. The standard InChI is InChI=1S/C21H20Cl2I2N8O3/c22-16-11(26-13-18(24)30-32(20(13)28-16)9-5-1-3-7-35-9)15(34)12-17(23)29-21-14(27-12)19(25)31-33(21)10-6-2-4-8-36-10/h9-10,15,34H,1-8H2. The SMILES string of the molecule is OC(c1nc2c(I)nn(C3CCCCO3)c2nc1Cl)c1nc2c(I)nn(C3CCCCO3)c2nc1Cl. The molecule has 4 aromatic rings. The fraction of sp³-hybridized carbons (Fsp3) is 0.524. The zero-order valence-corrected chi connectivity index (χ0v) is 24.6. The lowest BCUT2D eigenvalue weighted by molar-refractivity contribution is -0.0373. The molecule has 0 saturated carbocycles. The minimum atomic E-state index is -1.35. The predicted molar refractivity (Wildman–Crippen MR) is 148 cm³/mol. The summed E-state index contributed by atoms with van der Waals surface area (Å²) in [6.07, 6.45) is 4.00. The van der Waals surface area contributed by atoms with Crippen molar-refractivity contribution in [2.75, 3.05) is 13.2 Å². The van der Waals surface area contributed by atoms with E-state index in [9.17, 15) is 5.11 Å². The van der Waals surface area contributed by atoms with E-state index in [0.29, 0.717) is 42.9 Å². The number of hydrogen-bond donors (Lipinski definition) is 1. The van der Waals surface area contributed by atoms with Gasteiger partial charge >= 0.3 is 0 Å². The molecule has 0 radical (unpaired) electrons. The van der Waals surface area contributed by atoms with Crippen LogP contribution in [0, 0.1) is 7.40 Å². The van der Waals surface area contributed by atoms with Gasteiger partial charge in [0.1, 0.15) is 28.5 Å². The number of aliphatic hydroxyl groups is 1. The van der Waals surface area contributed by atoms with Crippen LogP contribution in [-0.4, -0.2) is 57.8 Å². The molecule has 0 aromatic carbocycles. The average molecular weight is 757 g/mol. The maximum Gasteiger partial charge on any atom is 0.181 e. The summed E-state index contributed by atoms with van der Waals surface area (Å²) >= 11 is 17.3. The molecule has 4 aromatic heterocycles. The number of halogens is 4. The molecule has 6 heterocycles. The monoisotopic (exact) mass is 756 g/mol. The van der Waals surface area contributed by atoms with Gasteiger partial charge in [0.2, 0.25) is 0 Å². The maximum atomic E-state index is 11.3. The van der Waals surface area contributed by atoms with E-state index < -0.39 is 6.10 Å². The van der Waals surface area contributed by atoms with Crippen LogP contribution in [0.5, 0.6) is 0 Å². The summed E-state index contributed by atoms with van der Waals surface area (Å²) in [7, 11) is 0. The van der Waals surface area contributed by atoms with E-state index in [4.69, 9.17) is 32.7 Å². The zero-order valence-electron chi connectivity index (χ0n) is 18.7. The second-order valence-electron chi connectivity index (χ2n) is 8.66. The van der Waals surface area contributed by atoms with Crippen LogP contribution in [0.3, 0.4) is 0 Å². The third kappa shape index (κ3) is 4.47. The van der Waals surface area contributed by atoms with Gasteiger partial charge < -0.3 is 14.6 Å². The highest BCUT2D eigenvalue weighted by atomic mass is 127. The molecule has 11 nitrogen and oxygen atoms in total. The molecule has 36 heavy (non-hydrogen) atoms. The van der Waals surface area contributed by atoms with Crippen molar-refractivity contribution in [3.05, 3.63) is 29.1 Å². The van der Waals surface area contributed by atoms with Crippen LogP contribution in [0.1, 0.15) is 68.5 Å². The van der Waals surface area contributed by atoms with Gasteiger partial charge in [0.15, 0.2) is 41.5 Å². The first-order valence-electron chi connectivity index (χ1n) is 11.6. The molecule has 0 amide bonds. The molecule has 15 heteroatoms. The Labute approximate surface area is 242 Å². The van der Waals surface area contributed by atoms with Crippen molar-refractivity contribution in [1.29, 1.82) is 0 Å². The maximum absolute atomic E-state index is 11.3. The van der Waals surface area contributed by atoms with Crippen LogP contribution in [0.4, 0.5) is 0 Å². The fourth-order valence-corrected chi connectivity index (χ4v) is 6.17. The molecule has 190 valence electrons. The third-order valence-corrected chi connectivity index (χ3v) is 8.32. The molecular weight excluding hydrogens is 737 g/mol. The van der Waals surface area contributed by atoms with Crippen molar-refractivity contribution in [1.82, 2.24) is 39.5 Å². The van der Waals surface area contributed by atoms with Crippen LogP contribution in [-0.2, 0) is 9.47 Å². The van der Waals surface area contributed by atoms with Crippen molar-refractivity contribution < 1.29 is 14.6 Å². The Morgan fingerprint density at radius 2 is 1.19 bits per heavy atom. The van der Waals surface area contributed by atoms with Crippen LogP contribution in [0.25, 0.3) is 22.3 Å². The van der Waals surface area contributed by atoms with Crippen LogP contribution < -0.4 is 0 Å². The van der Waals surface area contributed by atoms with Crippen LogP contribution >= 0.6 is 68.4 Å². The van der Waals surface area contributed by atoms with Crippen molar-refractivity contribution >= 4 is 90.7 Å². The first-order valence-corrected chi connectivity index (χ1v) is 14.5. The molecule has 2 unspecified atom stereocenters. The molecule has 2 fully saturated rings. The normalized spacial score (nSPS) is 21.9. The van der Waals surface area contributed by atoms with Gasteiger partial charge in [0.25, 0.3) is 0 Å². The van der Waals surface area contributed by atoms with E-state index in [1.54, 1.807) is 9.36 Å². The summed E-state index contributed by atoms with van der Waals surface area (Å²) in [5.41, 5.74) is 2.29. The molecule has 0 aliphatic carbocycles. The highest BCUT2D eigenvalue weighted by Crippen LogP contribution is 2.35. The van der Waals surface area contributed by atoms with Gasteiger partial charge in [-0.1, -0.05) is 23.2 Å². The van der Waals surface area contributed by atoms with Crippen LogP contribution in [0.2, 0.25) is 10.3 Å². The summed E-state index contributed by atoms with van der Waals surface area (Å²) in [6, 6.07) is 0. The van der Waals surface area contributed by atoms with Gasteiger partial charge in [-0.3, -0.25) is 0 Å². The summed E-state index contributed by atoms with van der Waals surface area (Å²) in [6.45, 7) is 1.34. The quantitative estimate of drug-likeness (QED) is 0.288. The highest BCUT2D eigenvalue weighted by Gasteiger charge is 2.29. The Kier molecular flexibility index (Phi) is 7.24. The average Bonchev–Trinajstić information content (AvgIpc) is 3.39.